The number of primary amides is 1. The first kappa shape index (κ1) is 22.8. The van der Waals surface area contributed by atoms with Crippen molar-refractivity contribution in [2.75, 3.05) is 24.5 Å². The average molecular weight is 433 g/mol. The van der Waals surface area contributed by atoms with Crippen molar-refractivity contribution in [3.63, 3.8) is 0 Å². The first-order valence-corrected chi connectivity index (χ1v) is 9.74. The van der Waals surface area contributed by atoms with Gasteiger partial charge in [0.05, 0.1) is 15.1 Å². The van der Waals surface area contributed by atoms with Gasteiger partial charge in [0, 0.05) is 13.1 Å². The van der Waals surface area contributed by atoms with Gasteiger partial charge in [0.2, 0.25) is 0 Å². The molecule has 0 bridgehead atoms. The highest BCUT2D eigenvalue weighted by Gasteiger charge is 2.38. The first-order valence-electron chi connectivity index (χ1n) is 8.93. The van der Waals surface area contributed by atoms with Gasteiger partial charge in [-0.2, -0.15) is 13.2 Å². The van der Waals surface area contributed by atoms with Crippen LogP contribution in [0.25, 0.3) is 10.2 Å². The first-order chi connectivity index (χ1) is 13.6. The summed E-state index contributed by atoms with van der Waals surface area (Å²) in [4.78, 5) is 31.8. The number of nitrogens with two attached hydrogens (primary N) is 2. The van der Waals surface area contributed by atoms with Crippen molar-refractivity contribution in [1.29, 1.82) is 0 Å². The molecule has 160 valence electrons. The van der Waals surface area contributed by atoms with Crippen LogP contribution >= 0.6 is 11.3 Å². The Kier molecular flexibility index (Phi) is 7.73. The van der Waals surface area contributed by atoms with E-state index in [0.29, 0.717) is 4.88 Å². The number of aliphatic carboxylic acids is 1. The van der Waals surface area contributed by atoms with Crippen molar-refractivity contribution >= 4 is 39.2 Å². The summed E-state index contributed by atoms with van der Waals surface area (Å²) in [7, 11) is 0. The number of carbonyl (C=O) groups excluding carboxylic acids is 1. The van der Waals surface area contributed by atoms with Crippen molar-refractivity contribution in [2.24, 2.45) is 17.4 Å². The van der Waals surface area contributed by atoms with Gasteiger partial charge < -0.3 is 21.5 Å². The lowest BCUT2D eigenvalue weighted by Gasteiger charge is -2.32. The number of carboxylic acid groups (broad SMARTS) is 1. The number of hydrogen-bond acceptors (Lipinski definition) is 7. The molecule has 1 aliphatic heterocycles. The van der Waals surface area contributed by atoms with Gasteiger partial charge in [0.25, 0.3) is 5.91 Å². The van der Waals surface area contributed by atoms with E-state index >= 15 is 0 Å². The van der Waals surface area contributed by atoms with E-state index in [4.69, 9.17) is 21.4 Å². The van der Waals surface area contributed by atoms with Crippen molar-refractivity contribution < 1.29 is 27.9 Å². The van der Waals surface area contributed by atoms with Crippen molar-refractivity contribution in [2.45, 2.75) is 31.9 Å². The number of nitrogens with zero attached hydrogens (tertiary/aromatic N) is 3. The minimum Gasteiger partial charge on any atom is -0.475 e. The molecule has 0 aromatic carbocycles. The van der Waals surface area contributed by atoms with E-state index in [2.05, 4.69) is 14.9 Å². The molecule has 0 spiro atoms. The maximum atomic E-state index is 11.4. The number of thiophene rings is 1. The standard InChI is InChI=1S/C15H21N5OS.C2HF3O2/c16-5-1-2-10-3-6-20(7-4-10)15-13-11(18-9-19-15)8-12(22-13)14(17)21;3-2(4,5)1(6)7/h8-10H,1-7,16H2,(H2,17,21);(H,6,7). The average Bonchev–Trinajstić information content (AvgIpc) is 3.11. The van der Waals surface area contributed by atoms with Crippen LogP contribution in [-0.4, -0.2) is 52.8 Å². The number of anilines is 1. The summed E-state index contributed by atoms with van der Waals surface area (Å²) < 4.78 is 32.7. The molecule has 1 aliphatic rings. The third-order valence-electron chi connectivity index (χ3n) is 4.51. The fourth-order valence-electron chi connectivity index (χ4n) is 3.03. The molecule has 0 unspecified atom stereocenters. The molecule has 0 atom stereocenters. The summed E-state index contributed by atoms with van der Waals surface area (Å²) in [5.74, 6) is -1.47. The second-order valence-electron chi connectivity index (χ2n) is 6.55. The zero-order valence-electron chi connectivity index (χ0n) is 15.5. The van der Waals surface area contributed by atoms with E-state index < -0.39 is 18.1 Å². The smallest absolute Gasteiger partial charge is 0.475 e. The Bertz CT molecular complexity index is 850. The molecule has 8 nitrogen and oxygen atoms in total. The number of rotatable bonds is 5. The Morgan fingerprint density at radius 3 is 2.41 bits per heavy atom. The highest BCUT2D eigenvalue weighted by molar-refractivity contribution is 7.21. The van der Waals surface area contributed by atoms with Crippen LogP contribution < -0.4 is 16.4 Å². The second-order valence-corrected chi connectivity index (χ2v) is 7.60. The molecule has 1 saturated heterocycles. The summed E-state index contributed by atoms with van der Waals surface area (Å²) in [6.07, 6.45) is 1.14. The van der Waals surface area contributed by atoms with Gasteiger partial charge in [-0.15, -0.1) is 11.3 Å². The number of halogens is 3. The molecule has 0 saturated carbocycles. The molecule has 0 radical (unpaired) electrons. The number of hydrogen-bond donors (Lipinski definition) is 3. The molecule has 0 aliphatic carbocycles. The Labute approximate surface area is 168 Å². The third kappa shape index (κ3) is 6.26. The van der Waals surface area contributed by atoms with E-state index in [9.17, 15) is 18.0 Å². The molecule has 5 N–H and O–H groups in total. The van der Waals surface area contributed by atoms with Crippen LogP contribution in [0.1, 0.15) is 35.4 Å². The fourth-order valence-corrected chi connectivity index (χ4v) is 4.01. The highest BCUT2D eigenvalue weighted by Crippen LogP contribution is 2.33. The number of fused-ring (bicyclic) bond motifs is 1. The van der Waals surface area contributed by atoms with Crippen molar-refractivity contribution in [3.05, 3.63) is 17.3 Å². The lowest BCUT2D eigenvalue weighted by Crippen LogP contribution is -2.34. The number of carboxylic acids is 1. The van der Waals surface area contributed by atoms with Crippen molar-refractivity contribution in [1.82, 2.24) is 9.97 Å². The van der Waals surface area contributed by atoms with Gasteiger partial charge >= 0.3 is 12.1 Å². The molecular weight excluding hydrogens is 411 g/mol. The zero-order chi connectivity index (χ0) is 21.6. The molecule has 29 heavy (non-hydrogen) atoms. The van der Waals surface area contributed by atoms with Gasteiger partial charge in [-0.05, 0) is 44.2 Å². The topological polar surface area (TPSA) is 135 Å². The van der Waals surface area contributed by atoms with E-state index in [1.165, 1.54) is 30.6 Å². The quantitative estimate of drug-likeness (QED) is 0.659. The van der Waals surface area contributed by atoms with Crippen LogP contribution in [0.4, 0.5) is 19.0 Å². The van der Waals surface area contributed by atoms with E-state index in [0.717, 1.165) is 48.0 Å². The Morgan fingerprint density at radius 2 is 1.90 bits per heavy atom. The van der Waals surface area contributed by atoms with Crippen LogP contribution in [0.3, 0.4) is 0 Å². The lowest BCUT2D eigenvalue weighted by atomic mass is 9.92. The molecule has 1 amide bonds. The maximum Gasteiger partial charge on any atom is 0.490 e. The van der Waals surface area contributed by atoms with Crippen LogP contribution in [0.2, 0.25) is 0 Å². The van der Waals surface area contributed by atoms with Crippen LogP contribution in [0, 0.1) is 5.92 Å². The predicted octanol–water partition coefficient (Wildman–Crippen LogP) is 2.38. The van der Waals surface area contributed by atoms with Crippen molar-refractivity contribution in [3.8, 4) is 0 Å². The third-order valence-corrected chi connectivity index (χ3v) is 5.64. The minimum absolute atomic E-state index is 0.408. The molecule has 3 heterocycles. The maximum absolute atomic E-state index is 11.4. The second kappa shape index (κ2) is 9.83. The van der Waals surface area contributed by atoms with Crippen LogP contribution in [-0.2, 0) is 4.79 Å². The molecule has 12 heteroatoms. The van der Waals surface area contributed by atoms with Crippen LogP contribution in [0.15, 0.2) is 12.4 Å². The van der Waals surface area contributed by atoms with Gasteiger partial charge in [-0.25, -0.2) is 14.8 Å². The minimum atomic E-state index is -5.08. The monoisotopic (exact) mass is 433 g/mol. The highest BCUT2D eigenvalue weighted by atomic mass is 32.1. The van der Waals surface area contributed by atoms with Gasteiger partial charge in [-0.3, -0.25) is 4.79 Å². The van der Waals surface area contributed by atoms with E-state index in [-0.39, 0.29) is 0 Å². The largest absolute Gasteiger partial charge is 0.490 e. The number of carbonyl (C=O) groups is 2. The molecule has 2 aromatic heterocycles. The van der Waals surface area contributed by atoms with E-state index in [1.807, 2.05) is 0 Å². The Balaban J connectivity index is 0.000000370. The van der Waals surface area contributed by atoms with Gasteiger partial charge in [0.1, 0.15) is 12.1 Å². The number of piperidine rings is 1. The Morgan fingerprint density at radius 1 is 1.28 bits per heavy atom. The molecular formula is C17H22F3N5O3S. The summed E-state index contributed by atoms with van der Waals surface area (Å²) in [5.41, 5.74) is 11.8. The molecule has 1 fully saturated rings. The van der Waals surface area contributed by atoms with Gasteiger partial charge in [-0.1, -0.05) is 0 Å². The SMILES string of the molecule is NCCCC1CCN(c2ncnc3cc(C(N)=O)sc23)CC1.O=C(O)C(F)(F)F. The summed E-state index contributed by atoms with van der Waals surface area (Å²) in [6.45, 7) is 2.76. The lowest BCUT2D eigenvalue weighted by molar-refractivity contribution is -0.192. The Hall–Kier alpha value is -2.47. The fraction of sp³-hybridized carbons (Fsp3) is 0.529. The summed E-state index contributed by atoms with van der Waals surface area (Å²) in [6, 6.07) is 1.75. The normalized spacial score (nSPS) is 15.1. The predicted molar refractivity (Wildman–Crippen MR) is 103 cm³/mol. The van der Waals surface area contributed by atoms with Gasteiger partial charge in [0.15, 0.2) is 0 Å². The summed E-state index contributed by atoms with van der Waals surface area (Å²) in [5, 5.41) is 7.12. The number of aromatic nitrogens is 2. The summed E-state index contributed by atoms with van der Waals surface area (Å²) >= 11 is 1.38. The van der Waals surface area contributed by atoms with Crippen LogP contribution in [0.5, 0.6) is 0 Å². The molecule has 3 rings (SSSR count). The number of amides is 1. The van der Waals surface area contributed by atoms with E-state index in [1.54, 1.807) is 12.4 Å². The number of alkyl halides is 3. The molecule has 2 aromatic rings. The zero-order valence-corrected chi connectivity index (χ0v) is 16.3.